The molecule has 0 aliphatic carbocycles. The van der Waals surface area contributed by atoms with Crippen LogP contribution in [0.15, 0.2) is 48.9 Å². The molecule has 0 unspecified atom stereocenters. The second-order valence-electron chi connectivity index (χ2n) is 4.86. The number of rotatable bonds is 0. The lowest BCUT2D eigenvalue weighted by Crippen LogP contribution is -2.16. The van der Waals surface area contributed by atoms with E-state index in [0.29, 0.717) is 0 Å². The number of fused-ring (bicyclic) bond motifs is 7. The molecule has 1 aromatic carbocycles. The molecule has 4 heterocycles. The normalized spacial score (nSPS) is 13.1. The zero-order valence-corrected chi connectivity index (χ0v) is 10.9. The first kappa shape index (κ1) is 9.69. The molecule has 0 fully saturated rings. The lowest BCUT2D eigenvalue weighted by Gasteiger charge is -1.91. The SMILES string of the molecule is c1ccc2c(c1)sc1n3c(c[n+]21)-c1ccncc1C3. The van der Waals surface area contributed by atoms with Gasteiger partial charge < -0.3 is 0 Å². The summed E-state index contributed by atoms with van der Waals surface area (Å²) in [6.45, 7) is 0.932. The van der Waals surface area contributed by atoms with Crippen molar-refractivity contribution in [1.82, 2.24) is 9.55 Å². The van der Waals surface area contributed by atoms with Gasteiger partial charge in [-0.3, -0.25) is 4.98 Å². The van der Waals surface area contributed by atoms with Gasteiger partial charge >= 0.3 is 4.96 Å². The Bertz CT molecular complexity index is 949. The van der Waals surface area contributed by atoms with Gasteiger partial charge in [-0.25, -0.2) is 4.57 Å². The second kappa shape index (κ2) is 3.22. The largest absolute Gasteiger partial charge is 0.347 e. The van der Waals surface area contributed by atoms with E-state index in [1.807, 2.05) is 23.7 Å². The molecule has 19 heavy (non-hydrogen) atoms. The van der Waals surface area contributed by atoms with Gasteiger partial charge in [-0.05, 0) is 29.5 Å². The second-order valence-corrected chi connectivity index (χ2v) is 5.86. The maximum Gasteiger partial charge on any atom is 0.347 e. The molecule has 0 amide bonds. The highest BCUT2D eigenvalue weighted by Gasteiger charge is 2.30. The number of benzene rings is 1. The van der Waals surface area contributed by atoms with Crippen molar-refractivity contribution in [2.75, 3.05) is 0 Å². The molecule has 0 bridgehead atoms. The Balaban J connectivity index is 1.93. The summed E-state index contributed by atoms with van der Waals surface area (Å²) in [6, 6.07) is 10.7. The van der Waals surface area contributed by atoms with Gasteiger partial charge in [0, 0.05) is 23.5 Å². The summed E-state index contributed by atoms with van der Waals surface area (Å²) in [6.07, 6.45) is 6.10. The summed E-state index contributed by atoms with van der Waals surface area (Å²) in [5.74, 6) is 0. The number of nitrogens with zero attached hydrogens (tertiary/aromatic N) is 3. The first-order chi connectivity index (χ1) is 9.42. The molecule has 4 aromatic rings. The molecule has 0 spiro atoms. The number of aromatic nitrogens is 3. The van der Waals surface area contributed by atoms with Gasteiger partial charge in [0.25, 0.3) is 0 Å². The van der Waals surface area contributed by atoms with Gasteiger partial charge in [-0.1, -0.05) is 12.1 Å². The number of para-hydroxylation sites is 1. The minimum atomic E-state index is 0.932. The number of imidazole rings is 1. The molecule has 0 radical (unpaired) electrons. The molecular formula is C15H10N3S+. The molecule has 5 rings (SSSR count). The first-order valence-corrected chi connectivity index (χ1v) is 7.09. The van der Waals surface area contributed by atoms with E-state index >= 15 is 0 Å². The lowest BCUT2D eigenvalue weighted by atomic mass is 10.1. The van der Waals surface area contributed by atoms with Gasteiger partial charge in [0.1, 0.15) is 12.7 Å². The number of thiazole rings is 1. The van der Waals surface area contributed by atoms with E-state index in [1.54, 1.807) is 0 Å². The maximum atomic E-state index is 4.23. The van der Waals surface area contributed by atoms with Crippen molar-refractivity contribution in [2.45, 2.75) is 6.54 Å². The predicted molar refractivity (Wildman–Crippen MR) is 75.3 cm³/mol. The van der Waals surface area contributed by atoms with E-state index < -0.39 is 0 Å². The third-order valence-electron chi connectivity index (χ3n) is 3.81. The van der Waals surface area contributed by atoms with Crippen LogP contribution in [0, 0.1) is 0 Å². The van der Waals surface area contributed by atoms with E-state index in [4.69, 9.17) is 0 Å². The Morgan fingerprint density at radius 2 is 2.16 bits per heavy atom. The summed E-state index contributed by atoms with van der Waals surface area (Å²) in [5.41, 5.74) is 5.22. The van der Waals surface area contributed by atoms with Gasteiger partial charge in [-0.2, -0.15) is 4.40 Å². The van der Waals surface area contributed by atoms with Crippen molar-refractivity contribution < 1.29 is 4.40 Å². The standard InChI is InChI=1S/C15H10N3S/c1-2-4-14-12(3-1)18-9-13-11-5-6-16-7-10(11)8-17(13)15(18)19-14/h1-7,9H,8H2/q+1. The van der Waals surface area contributed by atoms with Crippen LogP contribution >= 0.6 is 11.3 Å². The lowest BCUT2D eigenvalue weighted by molar-refractivity contribution is -0.476. The van der Waals surface area contributed by atoms with Gasteiger partial charge in [0.15, 0.2) is 11.2 Å². The van der Waals surface area contributed by atoms with E-state index in [2.05, 4.69) is 50.5 Å². The fraction of sp³-hybridized carbons (Fsp3) is 0.0667. The first-order valence-electron chi connectivity index (χ1n) is 6.27. The summed E-state index contributed by atoms with van der Waals surface area (Å²) in [5, 5.41) is 0. The molecule has 1 aliphatic heterocycles. The van der Waals surface area contributed by atoms with E-state index in [9.17, 15) is 0 Å². The summed E-state index contributed by atoms with van der Waals surface area (Å²) in [4.78, 5) is 5.52. The average molecular weight is 264 g/mol. The zero-order chi connectivity index (χ0) is 12.4. The summed E-state index contributed by atoms with van der Waals surface area (Å²) in [7, 11) is 0. The number of hydrogen-bond acceptors (Lipinski definition) is 2. The molecule has 0 atom stereocenters. The fourth-order valence-corrected chi connectivity index (χ4v) is 4.08. The van der Waals surface area contributed by atoms with Crippen molar-refractivity contribution in [1.29, 1.82) is 0 Å². The van der Waals surface area contributed by atoms with Crippen molar-refractivity contribution in [3.05, 3.63) is 54.5 Å². The monoisotopic (exact) mass is 264 g/mol. The van der Waals surface area contributed by atoms with Crippen molar-refractivity contribution in [2.24, 2.45) is 0 Å². The van der Waals surface area contributed by atoms with Crippen LogP contribution in [0.3, 0.4) is 0 Å². The highest BCUT2D eigenvalue weighted by molar-refractivity contribution is 7.23. The Morgan fingerprint density at radius 1 is 1.21 bits per heavy atom. The van der Waals surface area contributed by atoms with E-state index in [-0.39, 0.29) is 0 Å². The fourth-order valence-electron chi connectivity index (χ4n) is 2.94. The minimum absolute atomic E-state index is 0.932. The van der Waals surface area contributed by atoms with Gasteiger partial charge in [0.2, 0.25) is 0 Å². The van der Waals surface area contributed by atoms with E-state index in [1.165, 1.54) is 32.0 Å². The Morgan fingerprint density at radius 3 is 3.16 bits per heavy atom. The molecule has 0 N–H and O–H groups in total. The maximum absolute atomic E-state index is 4.23. The quantitative estimate of drug-likeness (QED) is 0.394. The molecule has 4 heteroatoms. The van der Waals surface area contributed by atoms with Crippen LogP contribution in [-0.2, 0) is 6.54 Å². The van der Waals surface area contributed by atoms with Gasteiger partial charge in [-0.15, -0.1) is 0 Å². The topological polar surface area (TPSA) is 21.9 Å². The Kier molecular flexibility index (Phi) is 1.64. The molecule has 3 aromatic heterocycles. The number of hydrogen-bond donors (Lipinski definition) is 0. The van der Waals surface area contributed by atoms with E-state index in [0.717, 1.165) is 6.54 Å². The summed E-state index contributed by atoms with van der Waals surface area (Å²) < 4.78 is 6.03. The van der Waals surface area contributed by atoms with Crippen LogP contribution in [0.25, 0.3) is 26.4 Å². The molecular weight excluding hydrogens is 254 g/mol. The molecule has 0 saturated heterocycles. The predicted octanol–water partition coefficient (Wildman–Crippen LogP) is 2.87. The van der Waals surface area contributed by atoms with Crippen molar-refractivity contribution in [3.63, 3.8) is 0 Å². The van der Waals surface area contributed by atoms with Crippen LogP contribution < -0.4 is 4.40 Å². The molecule has 3 nitrogen and oxygen atoms in total. The van der Waals surface area contributed by atoms with Crippen molar-refractivity contribution in [3.8, 4) is 11.3 Å². The summed E-state index contributed by atoms with van der Waals surface area (Å²) >= 11 is 1.85. The van der Waals surface area contributed by atoms with Crippen LogP contribution in [0.4, 0.5) is 0 Å². The Hall–Kier alpha value is -2.20. The highest BCUT2D eigenvalue weighted by atomic mass is 32.1. The molecule has 0 saturated carbocycles. The third kappa shape index (κ3) is 1.12. The van der Waals surface area contributed by atoms with Crippen LogP contribution in [0.2, 0.25) is 0 Å². The van der Waals surface area contributed by atoms with Crippen LogP contribution in [-0.4, -0.2) is 9.55 Å². The average Bonchev–Trinajstić information content (AvgIpc) is 3.07. The number of pyridine rings is 1. The van der Waals surface area contributed by atoms with Crippen molar-refractivity contribution >= 4 is 26.5 Å². The minimum Gasteiger partial charge on any atom is -0.264 e. The highest BCUT2D eigenvalue weighted by Crippen LogP contribution is 2.34. The third-order valence-corrected chi connectivity index (χ3v) is 4.98. The molecule has 1 aliphatic rings. The van der Waals surface area contributed by atoms with Gasteiger partial charge in [0.05, 0.1) is 4.70 Å². The smallest absolute Gasteiger partial charge is 0.264 e. The Labute approximate surface area is 113 Å². The molecule has 90 valence electrons. The zero-order valence-electron chi connectivity index (χ0n) is 10.1. The van der Waals surface area contributed by atoms with Crippen LogP contribution in [0.5, 0.6) is 0 Å². The van der Waals surface area contributed by atoms with Crippen LogP contribution in [0.1, 0.15) is 5.56 Å².